The second-order valence-corrected chi connectivity index (χ2v) is 13.6. The van der Waals surface area contributed by atoms with Crippen LogP contribution in [-0.4, -0.2) is 8.07 Å². The molecular formula is C25H30Si. The molecule has 0 saturated carbocycles. The highest BCUT2D eigenvalue weighted by atomic mass is 28.3. The van der Waals surface area contributed by atoms with Crippen molar-refractivity contribution in [3.63, 3.8) is 0 Å². The van der Waals surface area contributed by atoms with Gasteiger partial charge < -0.3 is 0 Å². The molecule has 3 unspecified atom stereocenters. The minimum atomic E-state index is -1.61. The molecular weight excluding hydrogens is 328 g/mol. The van der Waals surface area contributed by atoms with Crippen LogP contribution >= 0.6 is 0 Å². The number of rotatable bonds is 5. The SMILES string of the molecule is CCCC(C)C1=CC([Si](C)(C)C2C=Cc3ccccc32)c2ccccc21. The van der Waals surface area contributed by atoms with E-state index in [0.717, 1.165) is 0 Å². The molecule has 0 bridgehead atoms. The van der Waals surface area contributed by atoms with Crippen LogP contribution in [0, 0.1) is 5.92 Å². The molecule has 0 nitrogen and oxygen atoms in total. The Labute approximate surface area is 159 Å². The van der Waals surface area contributed by atoms with E-state index in [9.17, 15) is 0 Å². The van der Waals surface area contributed by atoms with Crippen molar-refractivity contribution in [2.75, 3.05) is 0 Å². The lowest BCUT2D eigenvalue weighted by Gasteiger charge is -2.35. The molecule has 2 aromatic carbocycles. The lowest BCUT2D eigenvalue weighted by molar-refractivity contribution is 0.650. The monoisotopic (exact) mass is 358 g/mol. The molecule has 2 aliphatic carbocycles. The van der Waals surface area contributed by atoms with E-state index in [-0.39, 0.29) is 0 Å². The van der Waals surface area contributed by atoms with Crippen molar-refractivity contribution >= 4 is 19.7 Å². The molecule has 1 heteroatoms. The summed E-state index contributed by atoms with van der Waals surface area (Å²) in [5, 5.41) is 0. The highest BCUT2D eigenvalue weighted by Crippen LogP contribution is 2.50. The highest BCUT2D eigenvalue weighted by Gasteiger charge is 2.44. The Morgan fingerprint density at radius 1 is 0.923 bits per heavy atom. The summed E-state index contributed by atoms with van der Waals surface area (Å²) in [7, 11) is -1.61. The fraction of sp³-hybridized carbons (Fsp3) is 0.360. The van der Waals surface area contributed by atoms with Crippen molar-refractivity contribution in [2.24, 2.45) is 5.92 Å². The zero-order valence-corrected chi connectivity index (χ0v) is 17.5. The first-order chi connectivity index (χ1) is 12.5. The Morgan fingerprint density at radius 3 is 2.38 bits per heavy atom. The van der Waals surface area contributed by atoms with Crippen LogP contribution in [0.1, 0.15) is 60.0 Å². The van der Waals surface area contributed by atoms with Gasteiger partial charge in [0.25, 0.3) is 0 Å². The predicted molar refractivity (Wildman–Crippen MR) is 117 cm³/mol. The smallest absolute Gasteiger partial charge is 0.0715 e. The molecule has 134 valence electrons. The summed E-state index contributed by atoms with van der Waals surface area (Å²) in [6.07, 6.45) is 10.0. The maximum Gasteiger partial charge on any atom is 0.0715 e. The molecule has 0 aliphatic heterocycles. The van der Waals surface area contributed by atoms with Gasteiger partial charge in [0.05, 0.1) is 8.07 Å². The van der Waals surface area contributed by atoms with Gasteiger partial charge in [-0.05, 0) is 51.2 Å². The van der Waals surface area contributed by atoms with Crippen LogP contribution in [0.15, 0.2) is 60.7 Å². The molecule has 26 heavy (non-hydrogen) atoms. The summed E-state index contributed by atoms with van der Waals surface area (Å²) in [5.74, 6) is 0.655. The Balaban J connectivity index is 1.76. The van der Waals surface area contributed by atoms with E-state index in [0.29, 0.717) is 17.0 Å². The van der Waals surface area contributed by atoms with Gasteiger partial charge in [-0.3, -0.25) is 0 Å². The Bertz CT molecular complexity index is 871. The second kappa shape index (κ2) is 6.70. The molecule has 0 fully saturated rings. The van der Waals surface area contributed by atoms with Crippen molar-refractivity contribution in [3.8, 4) is 0 Å². The average molecular weight is 359 g/mol. The van der Waals surface area contributed by atoms with E-state index in [4.69, 9.17) is 0 Å². The largest absolute Gasteiger partial charge is 0.0791 e. The van der Waals surface area contributed by atoms with Crippen molar-refractivity contribution in [1.29, 1.82) is 0 Å². The molecule has 0 amide bonds. The van der Waals surface area contributed by atoms with Gasteiger partial charge in [-0.25, -0.2) is 0 Å². The van der Waals surface area contributed by atoms with E-state index in [1.165, 1.54) is 24.0 Å². The predicted octanol–water partition coefficient (Wildman–Crippen LogP) is 7.20. The summed E-state index contributed by atoms with van der Waals surface area (Å²) < 4.78 is 0. The van der Waals surface area contributed by atoms with Crippen LogP contribution < -0.4 is 0 Å². The molecule has 0 aromatic heterocycles. The average Bonchev–Trinajstić information content (AvgIpc) is 3.24. The number of hydrogen-bond acceptors (Lipinski definition) is 0. The molecule has 0 spiro atoms. The highest BCUT2D eigenvalue weighted by molar-refractivity contribution is 6.81. The van der Waals surface area contributed by atoms with Crippen LogP contribution in [0.5, 0.6) is 0 Å². The van der Waals surface area contributed by atoms with E-state index < -0.39 is 8.07 Å². The van der Waals surface area contributed by atoms with E-state index >= 15 is 0 Å². The van der Waals surface area contributed by atoms with Gasteiger partial charge >= 0.3 is 0 Å². The molecule has 3 atom stereocenters. The Morgan fingerprint density at radius 2 is 1.62 bits per heavy atom. The normalized spacial score (nSPS) is 22.1. The lowest BCUT2D eigenvalue weighted by Crippen LogP contribution is -2.39. The van der Waals surface area contributed by atoms with Crippen molar-refractivity contribution < 1.29 is 0 Å². The third-order valence-electron chi connectivity index (χ3n) is 6.61. The van der Waals surface area contributed by atoms with Crippen LogP contribution in [-0.2, 0) is 0 Å². The quantitative estimate of drug-likeness (QED) is 0.496. The van der Waals surface area contributed by atoms with Gasteiger partial charge in [-0.15, -0.1) is 0 Å². The molecule has 4 rings (SSSR count). The summed E-state index contributed by atoms with van der Waals surface area (Å²) in [4.78, 5) is 0. The summed E-state index contributed by atoms with van der Waals surface area (Å²) >= 11 is 0. The van der Waals surface area contributed by atoms with E-state index in [1.54, 1.807) is 16.7 Å². The van der Waals surface area contributed by atoms with Crippen molar-refractivity contribution in [2.45, 2.75) is 50.9 Å². The van der Waals surface area contributed by atoms with Crippen LogP contribution in [0.2, 0.25) is 13.1 Å². The van der Waals surface area contributed by atoms with Gasteiger partial charge in [0.1, 0.15) is 0 Å². The Hall–Kier alpha value is -1.86. The maximum atomic E-state index is 2.66. The first-order valence-electron chi connectivity index (χ1n) is 10.1. The minimum absolute atomic E-state index is 0.605. The molecule has 0 radical (unpaired) electrons. The summed E-state index contributed by atoms with van der Waals surface area (Å²) in [6, 6.07) is 18.2. The van der Waals surface area contributed by atoms with Gasteiger partial charge in [0.15, 0.2) is 0 Å². The fourth-order valence-electron chi connectivity index (χ4n) is 5.12. The number of fused-ring (bicyclic) bond motifs is 2. The standard InChI is InChI=1S/C25H30Si/c1-5-10-18(2)23-17-25(22-14-9-8-13-21(22)23)26(3,4)24-16-15-19-11-6-7-12-20(19)24/h6-9,11-18,24-25H,5,10H2,1-4H3. The van der Waals surface area contributed by atoms with Crippen molar-refractivity contribution in [3.05, 3.63) is 82.9 Å². The summed E-state index contributed by atoms with van der Waals surface area (Å²) in [5.41, 5.74) is 8.89. The minimum Gasteiger partial charge on any atom is -0.0791 e. The van der Waals surface area contributed by atoms with Crippen molar-refractivity contribution in [1.82, 2.24) is 0 Å². The molecule has 2 aromatic rings. The van der Waals surface area contributed by atoms with Gasteiger partial charge in [-0.2, -0.15) is 0 Å². The third-order valence-corrected chi connectivity index (χ3v) is 10.8. The number of allylic oxidation sites excluding steroid dienone is 3. The van der Waals surface area contributed by atoms with Crippen LogP contribution in [0.3, 0.4) is 0 Å². The maximum absolute atomic E-state index is 2.66. The Kier molecular flexibility index (Phi) is 4.52. The third kappa shape index (κ3) is 2.73. The molecule has 0 saturated heterocycles. The van der Waals surface area contributed by atoms with Gasteiger partial charge in [-0.1, -0.05) is 100 Å². The second-order valence-electron chi connectivity index (χ2n) is 8.66. The van der Waals surface area contributed by atoms with Crippen LogP contribution in [0.4, 0.5) is 0 Å². The number of benzene rings is 2. The number of hydrogen-bond donors (Lipinski definition) is 0. The topological polar surface area (TPSA) is 0 Å². The van der Waals surface area contributed by atoms with Gasteiger partial charge in [0.2, 0.25) is 0 Å². The zero-order chi connectivity index (χ0) is 18.3. The first-order valence-corrected chi connectivity index (χ1v) is 13.3. The summed E-state index contributed by atoms with van der Waals surface area (Å²) in [6.45, 7) is 9.90. The van der Waals surface area contributed by atoms with E-state index in [1.807, 2.05) is 0 Å². The lowest BCUT2D eigenvalue weighted by atomic mass is 9.92. The molecule has 2 aliphatic rings. The van der Waals surface area contributed by atoms with Gasteiger partial charge in [0, 0.05) is 0 Å². The van der Waals surface area contributed by atoms with E-state index in [2.05, 4.69) is 93.7 Å². The molecule has 0 heterocycles. The van der Waals surface area contributed by atoms with Crippen LogP contribution in [0.25, 0.3) is 11.6 Å². The first kappa shape index (κ1) is 17.5. The zero-order valence-electron chi connectivity index (χ0n) is 16.5. The fourth-order valence-corrected chi connectivity index (χ4v) is 8.82. The molecule has 0 N–H and O–H groups in total.